The molecule has 2 N–H and O–H groups in total. The van der Waals surface area contributed by atoms with E-state index in [0.717, 1.165) is 19.0 Å². The predicted molar refractivity (Wildman–Crippen MR) is 77.4 cm³/mol. The van der Waals surface area contributed by atoms with Crippen LogP contribution in [0.2, 0.25) is 0 Å². The molecule has 0 atom stereocenters. The molecular formula is C15H23N3. The Morgan fingerprint density at radius 3 is 2.83 bits per heavy atom. The second kappa shape index (κ2) is 5.61. The Hall–Kier alpha value is -1.22. The summed E-state index contributed by atoms with van der Waals surface area (Å²) in [6.45, 7) is 5.85. The minimum Gasteiger partial charge on any atom is -0.382 e. The summed E-state index contributed by atoms with van der Waals surface area (Å²) < 4.78 is 0. The summed E-state index contributed by atoms with van der Waals surface area (Å²) in [5, 5.41) is 6.92. The number of rotatable bonds is 3. The Bertz CT molecular complexity index is 385. The lowest BCUT2D eigenvalue weighted by atomic mass is 9.94. The Kier molecular flexibility index (Phi) is 3.69. The fourth-order valence-electron chi connectivity index (χ4n) is 3.09. The van der Waals surface area contributed by atoms with Gasteiger partial charge in [0.05, 0.1) is 11.4 Å². The van der Waals surface area contributed by atoms with E-state index in [4.69, 9.17) is 0 Å². The highest BCUT2D eigenvalue weighted by molar-refractivity contribution is 5.71. The zero-order chi connectivity index (χ0) is 12.2. The first kappa shape index (κ1) is 11.8. The maximum Gasteiger partial charge on any atom is 0.0602 e. The van der Waals surface area contributed by atoms with Crippen LogP contribution in [0.5, 0.6) is 0 Å². The van der Waals surface area contributed by atoms with Crippen LogP contribution in [0.15, 0.2) is 24.3 Å². The largest absolute Gasteiger partial charge is 0.382 e. The molecule has 3 rings (SSSR count). The molecule has 2 aliphatic heterocycles. The summed E-state index contributed by atoms with van der Waals surface area (Å²) in [5.41, 5.74) is 2.69. The van der Waals surface area contributed by atoms with Gasteiger partial charge in [-0.25, -0.2) is 0 Å². The Labute approximate surface area is 110 Å². The number of hydrogen-bond donors (Lipinski definition) is 2. The second-order valence-electron chi connectivity index (χ2n) is 5.41. The van der Waals surface area contributed by atoms with Gasteiger partial charge in [0.1, 0.15) is 0 Å². The smallest absolute Gasteiger partial charge is 0.0602 e. The number of piperidine rings is 1. The Balaban J connectivity index is 1.60. The zero-order valence-electron chi connectivity index (χ0n) is 11.0. The van der Waals surface area contributed by atoms with Crippen LogP contribution in [0.1, 0.15) is 19.3 Å². The predicted octanol–water partition coefficient (Wildman–Crippen LogP) is 2.31. The van der Waals surface area contributed by atoms with Crippen molar-refractivity contribution >= 4 is 11.4 Å². The second-order valence-corrected chi connectivity index (χ2v) is 5.41. The van der Waals surface area contributed by atoms with Gasteiger partial charge in [-0.1, -0.05) is 12.1 Å². The third kappa shape index (κ3) is 2.61. The lowest BCUT2D eigenvalue weighted by Gasteiger charge is -2.33. The van der Waals surface area contributed by atoms with E-state index in [9.17, 15) is 0 Å². The van der Waals surface area contributed by atoms with Crippen LogP contribution in [0, 0.1) is 5.92 Å². The number of nitrogens with zero attached hydrogens (tertiary/aromatic N) is 1. The zero-order valence-corrected chi connectivity index (χ0v) is 11.0. The van der Waals surface area contributed by atoms with Crippen LogP contribution in [0.25, 0.3) is 0 Å². The summed E-state index contributed by atoms with van der Waals surface area (Å²) in [6, 6.07) is 8.68. The first-order valence-electron chi connectivity index (χ1n) is 7.22. The van der Waals surface area contributed by atoms with Crippen molar-refractivity contribution in [2.24, 2.45) is 5.92 Å². The minimum absolute atomic E-state index is 0.924. The van der Waals surface area contributed by atoms with Crippen molar-refractivity contribution < 1.29 is 0 Å². The molecule has 0 radical (unpaired) electrons. The van der Waals surface area contributed by atoms with Gasteiger partial charge in [-0.15, -0.1) is 0 Å². The molecule has 0 spiro atoms. The van der Waals surface area contributed by atoms with Crippen LogP contribution in [-0.2, 0) is 0 Å². The van der Waals surface area contributed by atoms with Gasteiger partial charge in [-0.3, -0.25) is 0 Å². The van der Waals surface area contributed by atoms with E-state index >= 15 is 0 Å². The van der Waals surface area contributed by atoms with Gasteiger partial charge >= 0.3 is 0 Å². The summed E-state index contributed by atoms with van der Waals surface area (Å²) >= 11 is 0. The van der Waals surface area contributed by atoms with Gasteiger partial charge < -0.3 is 15.5 Å². The van der Waals surface area contributed by atoms with Gasteiger partial charge in [-0.2, -0.15) is 0 Å². The highest BCUT2D eigenvalue weighted by Gasteiger charge is 2.18. The van der Waals surface area contributed by atoms with Crippen LogP contribution in [0.3, 0.4) is 0 Å². The molecule has 18 heavy (non-hydrogen) atoms. The van der Waals surface area contributed by atoms with E-state index in [0.29, 0.717) is 0 Å². The van der Waals surface area contributed by atoms with Crippen LogP contribution in [-0.4, -0.2) is 32.7 Å². The van der Waals surface area contributed by atoms with E-state index in [1.807, 2.05) is 0 Å². The molecule has 2 aliphatic rings. The molecule has 0 unspecified atom stereocenters. The Morgan fingerprint density at radius 2 is 1.94 bits per heavy atom. The standard InChI is InChI=1S/C15H23N3/c1-2-4-15-14(3-1)17-10-12-18(15)11-7-13-5-8-16-9-6-13/h1-4,13,16-17H,5-12H2. The van der Waals surface area contributed by atoms with Crippen molar-refractivity contribution in [3.8, 4) is 0 Å². The Morgan fingerprint density at radius 1 is 1.11 bits per heavy atom. The molecule has 1 saturated heterocycles. The van der Waals surface area contributed by atoms with E-state index in [1.54, 1.807) is 0 Å². The molecule has 1 fully saturated rings. The van der Waals surface area contributed by atoms with Gasteiger partial charge in [0.25, 0.3) is 0 Å². The van der Waals surface area contributed by atoms with Crippen LogP contribution >= 0.6 is 0 Å². The molecule has 0 bridgehead atoms. The molecule has 98 valence electrons. The molecule has 0 saturated carbocycles. The molecule has 3 nitrogen and oxygen atoms in total. The quantitative estimate of drug-likeness (QED) is 0.855. The van der Waals surface area contributed by atoms with E-state index in [1.165, 1.54) is 50.3 Å². The third-order valence-electron chi connectivity index (χ3n) is 4.21. The first-order chi connectivity index (χ1) is 8.93. The van der Waals surface area contributed by atoms with Crippen molar-refractivity contribution in [1.29, 1.82) is 0 Å². The highest BCUT2D eigenvalue weighted by Crippen LogP contribution is 2.29. The number of nitrogens with one attached hydrogen (secondary N) is 2. The van der Waals surface area contributed by atoms with Crippen molar-refractivity contribution in [3.63, 3.8) is 0 Å². The minimum atomic E-state index is 0.924. The lowest BCUT2D eigenvalue weighted by molar-refractivity contribution is 0.355. The van der Waals surface area contributed by atoms with Crippen LogP contribution < -0.4 is 15.5 Å². The summed E-state index contributed by atoms with van der Waals surface area (Å²) in [5.74, 6) is 0.924. The van der Waals surface area contributed by atoms with Gasteiger partial charge in [0, 0.05) is 19.6 Å². The fourth-order valence-corrected chi connectivity index (χ4v) is 3.09. The van der Waals surface area contributed by atoms with E-state index < -0.39 is 0 Å². The topological polar surface area (TPSA) is 27.3 Å². The molecule has 0 aliphatic carbocycles. The SMILES string of the molecule is c1ccc2c(c1)NCCN2CCC1CCNCC1. The maximum absolute atomic E-state index is 3.48. The first-order valence-corrected chi connectivity index (χ1v) is 7.22. The highest BCUT2D eigenvalue weighted by atomic mass is 15.2. The van der Waals surface area contributed by atoms with E-state index in [-0.39, 0.29) is 0 Å². The van der Waals surface area contributed by atoms with Gasteiger partial charge in [0.15, 0.2) is 0 Å². The molecule has 3 heteroatoms. The maximum atomic E-state index is 3.48. The van der Waals surface area contributed by atoms with Crippen molar-refractivity contribution in [3.05, 3.63) is 24.3 Å². The van der Waals surface area contributed by atoms with Gasteiger partial charge in [0.2, 0.25) is 0 Å². The number of benzene rings is 1. The van der Waals surface area contributed by atoms with E-state index in [2.05, 4.69) is 39.8 Å². The summed E-state index contributed by atoms with van der Waals surface area (Å²) in [4.78, 5) is 2.55. The molecule has 2 heterocycles. The third-order valence-corrected chi connectivity index (χ3v) is 4.21. The summed E-state index contributed by atoms with van der Waals surface area (Å²) in [6.07, 6.45) is 4.05. The molecule has 0 aromatic heterocycles. The fraction of sp³-hybridized carbons (Fsp3) is 0.600. The molecule has 0 amide bonds. The lowest BCUT2D eigenvalue weighted by Crippen LogP contribution is -2.36. The number of hydrogen-bond acceptors (Lipinski definition) is 3. The number of para-hydroxylation sites is 2. The average molecular weight is 245 g/mol. The van der Waals surface area contributed by atoms with Gasteiger partial charge in [-0.05, 0) is 50.4 Å². The average Bonchev–Trinajstić information content (AvgIpc) is 2.46. The summed E-state index contributed by atoms with van der Waals surface area (Å²) in [7, 11) is 0. The van der Waals surface area contributed by atoms with Crippen LogP contribution in [0.4, 0.5) is 11.4 Å². The van der Waals surface area contributed by atoms with Crippen molar-refractivity contribution in [2.75, 3.05) is 42.9 Å². The van der Waals surface area contributed by atoms with Crippen molar-refractivity contribution in [2.45, 2.75) is 19.3 Å². The molecule has 1 aromatic carbocycles. The molecular weight excluding hydrogens is 222 g/mol. The molecule has 1 aromatic rings. The monoisotopic (exact) mass is 245 g/mol. The number of fused-ring (bicyclic) bond motifs is 1. The normalized spacial score (nSPS) is 20.3. The van der Waals surface area contributed by atoms with Crippen molar-refractivity contribution in [1.82, 2.24) is 5.32 Å². The number of anilines is 2.